The van der Waals surface area contributed by atoms with E-state index in [2.05, 4.69) is 177 Å². The van der Waals surface area contributed by atoms with E-state index in [1.165, 1.54) is 46.7 Å². The molecule has 1 nitrogen and oxygen atoms in total. The van der Waals surface area contributed by atoms with Gasteiger partial charge in [-0.3, -0.25) is 0 Å². The molecule has 0 amide bonds. The van der Waals surface area contributed by atoms with Crippen LogP contribution in [-0.4, -0.2) is 7.28 Å². The molecule has 1 unspecified atom stereocenters. The van der Waals surface area contributed by atoms with Crippen LogP contribution in [0.4, 0.5) is 11.4 Å². The second kappa shape index (κ2) is 13.6. The Morgan fingerprint density at radius 3 is 2.22 bits per heavy atom. The van der Waals surface area contributed by atoms with Crippen LogP contribution in [0, 0.1) is 5.92 Å². The fraction of sp³-hybridized carbons (Fsp3) is 0.149. The fourth-order valence-electron chi connectivity index (χ4n) is 8.01. The van der Waals surface area contributed by atoms with Crippen molar-refractivity contribution < 1.29 is 0 Å². The van der Waals surface area contributed by atoms with Crippen LogP contribution in [0.25, 0.3) is 27.5 Å². The third-order valence-electron chi connectivity index (χ3n) is 10.6. The van der Waals surface area contributed by atoms with Gasteiger partial charge >= 0.3 is 0 Å². The zero-order valence-corrected chi connectivity index (χ0v) is 28.2. The summed E-state index contributed by atoms with van der Waals surface area (Å²) in [6, 6.07) is 44.0. The lowest BCUT2D eigenvalue weighted by Crippen LogP contribution is -2.14. The van der Waals surface area contributed by atoms with Crippen LogP contribution in [0.15, 0.2) is 187 Å². The highest BCUT2D eigenvalue weighted by Gasteiger charge is 2.36. The molecule has 1 radical (unpaired) electrons. The summed E-state index contributed by atoms with van der Waals surface area (Å²) in [5, 5.41) is 2.56. The lowest BCUT2D eigenvalue weighted by Gasteiger charge is -2.28. The Balaban J connectivity index is 1.12. The highest BCUT2D eigenvalue weighted by atomic mass is 15.1. The molecule has 5 aromatic rings. The fourth-order valence-corrected chi connectivity index (χ4v) is 8.01. The first-order chi connectivity index (χ1) is 24.1. The zero-order valence-electron chi connectivity index (χ0n) is 28.2. The van der Waals surface area contributed by atoms with Gasteiger partial charge < -0.3 is 4.90 Å². The van der Waals surface area contributed by atoms with Crippen LogP contribution in [-0.2, 0) is 0 Å². The first kappa shape index (κ1) is 31.0. The molecule has 1 aliphatic heterocycles. The van der Waals surface area contributed by atoms with Crippen molar-refractivity contribution in [1.82, 2.24) is 0 Å². The summed E-state index contributed by atoms with van der Waals surface area (Å²) in [5.41, 5.74) is 12.8. The van der Waals surface area contributed by atoms with E-state index in [1.807, 2.05) is 12.1 Å². The predicted octanol–water partition coefficient (Wildman–Crippen LogP) is 12.6. The van der Waals surface area contributed by atoms with Crippen molar-refractivity contribution in [2.75, 3.05) is 4.90 Å². The van der Waals surface area contributed by atoms with Crippen molar-refractivity contribution in [3.05, 3.63) is 198 Å². The minimum absolute atomic E-state index is 0.566. The Labute approximate surface area is 292 Å². The summed E-state index contributed by atoms with van der Waals surface area (Å²) in [6.07, 6.45) is 19.1. The smallest absolute Gasteiger partial charge is 0.155 e. The molecule has 0 spiro atoms. The summed E-state index contributed by atoms with van der Waals surface area (Å²) in [6.45, 7) is 6.29. The van der Waals surface area contributed by atoms with E-state index in [0.29, 0.717) is 17.7 Å². The number of rotatable bonds is 8. The molecule has 0 aromatic heterocycles. The number of nitrogens with zero attached hydrogens (tertiary/aromatic N) is 1. The molecule has 0 bridgehead atoms. The molecular formula is C47H41BN. The van der Waals surface area contributed by atoms with Gasteiger partial charge in [0.1, 0.15) is 0 Å². The van der Waals surface area contributed by atoms with Crippen molar-refractivity contribution in [2.24, 2.45) is 5.92 Å². The van der Waals surface area contributed by atoms with Crippen molar-refractivity contribution >= 4 is 35.0 Å². The molecule has 2 aliphatic carbocycles. The van der Waals surface area contributed by atoms with Gasteiger partial charge in [0, 0.05) is 17.1 Å². The minimum atomic E-state index is 0.566. The third kappa shape index (κ3) is 6.32. The Hall–Kier alpha value is -5.34. The summed E-state index contributed by atoms with van der Waals surface area (Å²) >= 11 is 0. The highest BCUT2D eigenvalue weighted by Crippen LogP contribution is 2.49. The van der Waals surface area contributed by atoms with Crippen molar-refractivity contribution in [1.29, 1.82) is 0 Å². The Morgan fingerprint density at radius 1 is 0.735 bits per heavy atom. The quantitative estimate of drug-likeness (QED) is 0.122. The molecule has 0 saturated heterocycles. The Morgan fingerprint density at radius 2 is 1.43 bits per heavy atom. The van der Waals surface area contributed by atoms with Crippen LogP contribution < -0.4 is 4.90 Å². The van der Waals surface area contributed by atoms with E-state index < -0.39 is 0 Å². The van der Waals surface area contributed by atoms with Gasteiger partial charge in [0.05, 0.1) is 0 Å². The second-order valence-corrected chi connectivity index (χ2v) is 13.6. The molecular weight excluding hydrogens is 589 g/mol. The maximum atomic E-state index is 4.10. The standard InChI is InChI=1S/C47H41BN/c1-3-34(35-12-6-4-7-13-35)19-18-33(2)49(42-26-22-37(23-27-42)36-14-8-5-9-15-36)43-28-24-39-30-38(20-21-40(39)31-43)41-25-29-47-45(32-41)44-16-10-11-17-46(44)48-47/h3-24,26-28,30-31,41,44,46H,1,25,29,32H2,2H3/b33-18+,34-19+/t41-,44-,46?/m0/s1. The summed E-state index contributed by atoms with van der Waals surface area (Å²) < 4.78 is 0. The maximum absolute atomic E-state index is 4.10. The van der Waals surface area contributed by atoms with E-state index in [1.54, 1.807) is 11.0 Å². The van der Waals surface area contributed by atoms with Gasteiger partial charge in [0.2, 0.25) is 0 Å². The second-order valence-electron chi connectivity index (χ2n) is 13.6. The van der Waals surface area contributed by atoms with E-state index in [9.17, 15) is 0 Å². The molecule has 3 aliphatic rings. The van der Waals surface area contributed by atoms with E-state index in [0.717, 1.165) is 28.2 Å². The maximum Gasteiger partial charge on any atom is 0.155 e. The average molecular weight is 631 g/mol. The van der Waals surface area contributed by atoms with Gasteiger partial charge in [-0.25, -0.2) is 0 Å². The van der Waals surface area contributed by atoms with Gasteiger partial charge in [-0.05, 0) is 113 Å². The van der Waals surface area contributed by atoms with Gasteiger partial charge in [0.15, 0.2) is 7.28 Å². The normalized spacial score (nSPS) is 20.1. The summed E-state index contributed by atoms with van der Waals surface area (Å²) in [7, 11) is 2.53. The van der Waals surface area contributed by atoms with Crippen LogP contribution in [0.3, 0.4) is 0 Å². The first-order valence-electron chi connectivity index (χ1n) is 17.6. The Bertz CT molecular complexity index is 2150. The van der Waals surface area contributed by atoms with Crippen LogP contribution in [0.2, 0.25) is 5.82 Å². The molecule has 0 fully saturated rings. The molecule has 49 heavy (non-hydrogen) atoms. The predicted molar refractivity (Wildman–Crippen MR) is 211 cm³/mol. The van der Waals surface area contributed by atoms with E-state index in [-0.39, 0.29) is 0 Å². The molecule has 2 heteroatoms. The van der Waals surface area contributed by atoms with Crippen LogP contribution in [0.5, 0.6) is 0 Å². The van der Waals surface area contributed by atoms with Crippen molar-refractivity contribution in [2.45, 2.75) is 37.9 Å². The zero-order chi connectivity index (χ0) is 33.2. The number of hydrogen-bond donors (Lipinski definition) is 0. The lowest BCUT2D eigenvalue weighted by atomic mass is 9.58. The van der Waals surface area contributed by atoms with Crippen molar-refractivity contribution in [3.63, 3.8) is 0 Å². The Kier molecular flexibility index (Phi) is 8.62. The molecule has 0 N–H and O–H groups in total. The first-order valence-corrected chi connectivity index (χ1v) is 17.6. The van der Waals surface area contributed by atoms with Crippen LogP contribution in [0.1, 0.15) is 43.2 Å². The van der Waals surface area contributed by atoms with Gasteiger partial charge in [-0.15, -0.1) is 5.47 Å². The number of fused-ring (bicyclic) bond motifs is 3. The molecule has 8 rings (SSSR count). The van der Waals surface area contributed by atoms with Gasteiger partial charge in [-0.1, -0.05) is 146 Å². The number of benzene rings is 5. The van der Waals surface area contributed by atoms with Gasteiger partial charge in [0.25, 0.3) is 0 Å². The third-order valence-corrected chi connectivity index (χ3v) is 10.6. The summed E-state index contributed by atoms with van der Waals surface area (Å²) in [5.74, 6) is 1.71. The van der Waals surface area contributed by atoms with E-state index in [4.69, 9.17) is 0 Å². The SMILES string of the molecule is C=C/C(=C\C=C(/C)N(c1ccc(-c2ccccc2)cc1)c1ccc2cc([C@H]3CCC4=C(C3)[C@@H]3C=CC=CC3[B]4)ccc2c1)c1ccccc1. The number of hydrogen-bond acceptors (Lipinski definition) is 1. The molecule has 3 atom stereocenters. The van der Waals surface area contributed by atoms with Crippen molar-refractivity contribution in [3.8, 4) is 11.1 Å². The minimum Gasteiger partial charge on any atom is -0.314 e. The molecule has 1 heterocycles. The monoisotopic (exact) mass is 630 g/mol. The topological polar surface area (TPSA) is 3.24 Å². The molecule has 0 saturated carbocycles. The largest absolute Gasteiger partial charge is 0.314 e. The number of anilines is 2. The highest BCUT2D eigenvalue weighted by molar-refractivity contribution is 6.50. The number of allylic oxidation sites excluding steroid dienone is 11. The molecule has 237 valence electrons. The summed E-state index contributed by atoms with van der Waals surface area (Å²) in [4.78, 5) is 2.36. The van der Waals surface area contributed by atoms with Crippen LogP contribution >= 0.6 is 0 Å². The van der Waals surface area contributed by atoms with Gasteiger partial charge in [-0.2, -0.15) is 0 Å². The van der Waals surface area contributed by atoms with E-state index >= 15 is 0 Å². The lowest BCUT2D eigenvalue weighted by molar-refractivity contribution is 0.560. The average Bonchev–Trinajstić information content (AvgIpc) is 3.54. The molecule has 5 aromatic carbocycles.